The fourth-order valence-corrected chi connectivity index (χ4v) is 3.44. The molecule has 0 bridgehead atoms. The highest BCUT2D eigenvalue weighted by Crippen LogP contribution is 2.29. The van der Waals surface area contributed by atoms with E-state index in [9.17, 15) is 15.3 Å². The zero-order valence-electron chi connectivity index (χ0n) is 19.4. The summed E-state index contributed by atoms with van der Waals surface area (Å²) in [6, 6.07) is 20.5. The highest BCUT2D eigenvalue weighted by molar-refractivity contribution is 5.44. The Morgan fingerprint density at radius 3 is 2.41 bits per heavy atom. The zero-order chi connectivity index (χ0) is 24.2. The Kier molecular flexibility index (Phi) is 9.88. The van der Waals surface area contributed by atoms with E-state index in [-0.39, 0.29) is 18.1 Å². The van der Waals surface area contributed by atoms with Crippen LogP contribution in [-0.4, -0.2) is 54.8 Å². The smallest absolute Gasteiger partial charge is 0.161 e. The number of methoxy groups -OCH3 is 1. The Hall–Kier alpha value is -3.42. The van der Waals surface area contributed by atoms with Crippen molar-refractivity contribution in [3.8, 4) is 28.7 Å². The lowest BCUT2D eigenvalue weighted by atomic mass is 10.1. The van der Waals surface area contributed by atoms with E-state index in [1.807, 2.05) is 36.4 Å². The molecule has 0 saturated carbocycles. The van der Waals surface area contributed by atoms with E-state index in [1.54, 1.807) is 7.11 Å². The van der Waals surface area contributed by atoms with Gasteiger partial charge < -0.3 is 34.8 Å². The second-order valence-corrected chi connectivity index (χ2v) is 7.99. The molecule has 0 amide bonds. The number of phenols is 2. The van der Waals surface area contributed by atoms with Crippen molar-refractivity contribution in [1.82, 2.24) is 5.32 Å². The van der Waals surface area contributed by atoms with Gasteiger partial charge in [0.2, 0.25) is 0 Å². The van der Waals surface area contributed by atoms with Crippen molar-refractivity contribution in [2.75, 3.05) is 33.4 Å². The third-order valence-electron chi connectivity index (χ3n) is 5.30. The highest BCUT2D eigenvalue weighted by Gasteiger charge is 2.09. The molecule has 0 unspecified atom stereocenters. The van der Waals surface area contributed by atoms with Gasteiger partial charge >= 0.3 is 0 Å². The number of aliphatic hydroxyl groups is 1. The molecule has 0 saturated heterocycles. The van der Waals surface area contributed by atoms with E-state index in [0.717, 1.165) is 30.6 Å². The standard InChI is InChI=1S/C27H33NO6/c1-32-27-16-21(9-12-26(27)33-15-5-8-20-6-3-2-4-7-20)13-14-28-18-22(29)19-34-23-10-11-24(30)25(31)17-23/h2-4,6-7,9-12,16-17,22,28-31H,5,8,13-15,18-19H2,1H3/t22-/m1/s1. The summed E-state index contributed by atoms with van der Waals surface area (Å²) in [5, 5.41) is 32.1. The molecule has 7 nitrogen and oxygen atoms in total. The molecule has 0 spiro atoms. The summed E-state index contributed by atoms with van der Waals surface area (Å²) in [4.78, 5) is 0. The maximum Gasteiger partial charge on any atom is 0.161 e. The topological polar surface area (TPSA) is 100 Å². The van der Waals surface area contributed by atoms with Crippen molar-refractivity contribution < 1.29 is 29.5 Å². The van der Waals surface area contributed by atoms with Gasteiger partial charge in [-0.2, -0.15) is 0 Å². The van der Waals surface area contributed by atoms with Crippen molar-refractivity contribution in [1.29, 1.82) is 0 Å². The van der Waals surface area contributed by atoms with Crippen LogP contribution in [0.2, 0.25) is 0 Å². The Morgan fingerprint density at radius 2 is 1.65 bits per heavy atom. The zero-order valence-corrected chi connectivity index (χ0v) is 19.4. The molecule has 0 aromatic heterocycles. The minimum atomic E-state index is -0.711. The first-order valence-electron chi connectivity index (χ1n) is 11.4. The Bertz CT molecular complexity index is 1010. The maximum atomic E-state index is 10.1. The summed E-state index contributed by atoms with van der Waals surface area (Å²) in [5.41, 5.74) is 2.41. The molecule has 1 atom stereocenters. The summed E-state index contributed by atoms with van der Waals surface area (Å²) < 4.78 is 16.9. The van der Waals surface area contributed by atoms with Crippen LogP contribution in [0.3, 0.4) is 0 Å². The van der Waals surface area contributed by atoms with Gasteiger partial charge in [-0.1, -0.05) is 36.4 Å². The highest BCUT2D eigenvalue weighted by atomic mass is 16.5. The third kappa shape index (κ3) is 8.17. The molecular formula is C27H33NO6. The maximum absolute atomic E-state index is 10.1. The first-order valence-corrected chi connectivity index (χ1v) is 11.4. The van der Waals surface area contributed by atoms with Gasteiger partial charge in [-0.3, -0.25) is 0 Å². The SMILES string of the molecule is COc1cc(CCNC[C@@H](O)COc2ccc(O)c(O)c2)ccc1OCCCc1ccccc1. The summed E-state index contributed by atoms with van der Waals surface area (Å²) in [5.74, 6) is 1.35. The normalized spacial score (nSPS) is 11.7. The lowest BCUT2D eigenvalue weighted by Gasteiger charge is -2.14. The van der Waals surface area contributed by atoms with Crippen LogP contribution in [-0.2, 0) is 12.8 Å². The monoisotopic (exact) mass is 467 g/mol. The van der Waals surface area contributed by atoms with Crippen LogP contribution in [0.15, 0.2) is 66.7 Å². The van der Waals surface area contributed by atoms with Crippen molar-refractivity contribution >= 4 is 0 Å². The van der Waals surface area contributed by atoms with E-state index in [4.69, 9.17) is 14.2 Å². The van der Waals surface area contributed by atoms with Crippen molar-refractivity contribution in [2.24, 2.45) is 0 Å². The van der Waals surface area contributed by atoms with E-state index in [1.165, 1.54) is 23.8 Å². The Morgan fingerprint density at radius 1 is 0.824 bits per heavy atom. The summed E-state index contributed by atoms with van der Waals surface area (Å²) >= 11 is 0. The number of hydrogen-bond donors (Lipinski definition) is 4. The van der Waals surface area contributed by atoms with Crippen LogP contribution in [0.5, 0.6) is 28.7 Å². The van der Waals surface area contributed by atoms with E-state index in [0.29, 0.717) is 31.2 Å². The van der Waals surface area contributed by atoms with Crippen LogP contribution in [0.4, 0.5) is 0 Å². The van der Waals surface area contributed by atoms with Gasteiger partial charge in [0, 0.05) is 12.6 Å². The molecule has 3 aromatic rings. The number of aliphatic hydroxyl groups excluding tert-OH is 1. The molecule has 0 heterocycles. The van der Waals surface area contributed by atoms with Gasteiger partial charge in [0.1, 0.15) is 18.5 Å². The molecule has 4 N–H and O–H groups in total. The van der Waals surface area contributed by atoms with Crippen LogP contribution in [0.1, 0.15) is 17.5 Å². The van der Waals surface area contributed by atoms with Crippen LogP contribution in [0, 0.1) is 0 Å². The number of hydrogen-bond acceptors (Lipinski definition) is 7. The van der Waals surface area contributed by atoms with E-state index < -0.39 is 6.10 Å². The Balaban J connectivity index is 1.35. The van der Waals surface area contributed by atoms with Gasteiger partial charge in [0.05, 0.1) is 13.7 Å². The molecule has 0 radical (unpaired) electrons. The molecule has 0 aliphatic heterocycles. The number of benzene rings is 3. The van der Waals surface area contributed by atoms with Crippen LogP contribution in [0.25, 0.3) is 0 Å². The molecule has 0 aliphatic rings. The van der Waals surface area contributed by atoms with Crippen molar-refractivity contribution in [3.05, 3.63) is 77.9 Å². The number of aryl methyl sites for hydroxylation is 1. The molecular weight excluding hydrogens is 434 g/mol. The van der Waals surface area contributed by atoms with Gasteiger partial charge in [-0.25, -0.2) is 0 Å². The number of phenolic OH excluding ortho intramolecular Hbond substituents is 2. The average Bonchev–Trinajstić information content (AvgIpc) is 2.86. The molecule has 34 heavy (non-hydrogen) atoms. The Labute approximate surface area is 200 Å². The van der Waals surface area contributed by atoms with Gasteiger partial charge in [-0.15, -0.1) is 0 Å². The minimum absolute atomic E-state index is 0.0708. The van der Waals surface area contributed by atoms with Gasteiger partial charge in [0.15, 0.2) is 23.0 Å². The lowest BCUT2D eigenvalue weighted by Crippen LogP contribution is -2.32. The lowest BCUT2D eigenvalue weighted by molar-refractivity contribution is 0.106. The first-order chi connectivity index (χ1) is 16.5. The summed E-state index contributed by atoms with van der Waals surface area (Å²) in [6.45, 7) is 1.73. The second kappa shape index (κ2) is 13.3. The van der Waals surface area contributed by atoms with Crippen LogP contribution >= 0.6 is 0 Å². The molecule has 7 heteroatoms. The van der Waals surface area contributed by atoms with Gasteiger partial charge in [0.25, 0.3) is 0 Å². The third-order valence-corrected chi connectivity index (χ3v) is 5.30. The molecule has 3 rings (SSSR count). The second-order valence-electron chi connectivity index (χ2n) is 7.99. The average molecular weight is 468 g/mol. The number of ether oxygens (including phenoxy) is 3. The summed E-state index contributed by atoms with van der Waals surface area (Å²) in [7, 11) is 1.64. The number of nitrogens with one attached hydrogen (secondary N) is 1. The fourth-order valence-electron chi connectivity index (χ4n) is 3.44. The molecule has 3 aromatic carbocycles. The number of rotatable bonds is 14. The van der Waals surface area contributed by atoms with E-state index >= 15 is 0 Å². The molecule has 0 aliphatic carbocycles. The van der Waals surface area contributed by atoms with Crippen LogP contribution < -0.4 is 19.5 Å². The van der Waals surface area contributed by atoms with Crippen molar-refractivity contribution in [2.45, 2.75) is 25.4 Å². The molecule has 0 fully saturated rings. The van der Waals surface area contributed by atoms with E-state index in [2.05, 4.69) is 17.4 Å². The van der Waals surface area contributed by atoms with Gasteiger partial charge in [-0.05, 0) is 61.2 Å². The van der Waals surface area contributed by atoms with Crippen molar-refractivity contribution in [3.63, 3.8) is 0 Å². The predicted molar refractivity (Wildman–Crippen MR) is 131 cm³/mol. The predicted octanol–water partition coefficient (Wildman–Crippen LogP) is 3.69. The first kappa shape index (κ1) is 25.2. The fraction of sp³-hybridized carbons (Fsp3) is 0.333. The minimum Gasteiger partial charge on any atom is -0.504 e. The quantitative estimate of drug-likeness (QED) is 0.212. The summed E-state index contributed by atoms with van der Waals surface area (Å²) in [6.07, 6.45) is 1.96. The number of aromatic hydroxyl groups is 2. The largest absolute Gasteiger partial charge is 0.504 e. The molecule has 182 valence electrons.